The van der Waals surface area contributed by atoms with Crippen molar-refractivity contribution in [1.29, 1.82) is 0 Å². The van der Waals surface area contributed by atoms with E-state index in [0.717, 1.165) is 29.7 Å². The average Bonchev–Trinajstić information content (AvgIpc) is 2.98. The topological polar surface area (TPSA) is 80.8 Å². The molecule has 7 heteroatoms. The first-order valence-corrected chi connectivity index (χ1v) is 8.79. The van der Waals surface area contributed by atoms with Crippen LogP contribution in [0.4, 0.5) is 5.69 Å². The highest BCUT2D eigenvalue weighted by molar-refractivity contribution is 5.93. The fourth-order valence-corrected chi connectivity index (χ4v) is 3.29. The maximum Gasteiger partial charge on any atom is 0.356 e. The van der Waals surface area contributed by atoms with Crippen LogP contribution in [-0.4, -0.2) is 42.5 Å². The fraction of sp³-hybridized carbons (Fsp3) is 0.250. The molecule has 7 nitrogen and oxygen atoms in total. The zero-order chi connectivity index (χ0) is 18.7. The third-order valence-electron chi connectivity index (χ3n) is 4.51. The van der Waals surface area contributed by atoms with E-state index in [2.05, 4.69) is 10.3 Å². The summed E-state index contributed by atoms with van der Waals surface area (Å²) in [5.41, 5.74) is 2.65. The molecule has 0 radical (unpaired) electrons. The van der Waals surface area contributed by atoms with E-state index in [4.69, 9.17) is 9.47 Å². The number of hydrogen-bond acceptors (Lipinski definition) is 7. The molecule has 3 heterocycles. The van der Waals surface area contributed by atoms with E-state index in [1.807, 2.05) is 36.4 Å². The number of esters is 2. The summed E-state index contributed by atoms with van der Waals surface area (Å²) >= 11 is 0. The van der Waals surface area contributed by atoms with Crippen LogP contribution in [0.5, 0.6) is 0 Å². The number of ether oxygens (including phenoxy) is 2. The molecule has 2 aliphatic rings. The van der Waals surface area contributed by atoms with Crippen LogP contribution < -0.4 is 10.2 Å². The first-order chi connectivity index (χ1) is 13.2. The lowest BCUT2D eigenvalue weighted by Gasteiger charge is -2.40. The lowest BCUT2D eigenvalue weighted by Crippen LogP contribution is -2.58. The molecular weight excluding hydrogens is 346 g/mol. The van der Waals surface area contributed by atoms with Gasteiger partial charge in [0.25, 0.3) is 0 Å². The Balaban J connectivity index is 1.75. The summed E-state index contributed by atoms with van der Waals surface area (Å²) in [6.07, 6.45) is 6.41. The number of carbonyl (C=O) groups is 2. The lowest BCUT2D eigenvalue weighted by atomic mass is 10.1. The first kappa shape index (κ1) is 17.2. The molecule has 2 aromatic rings. The molecule has 27 heavy (non-hydrogen) atoms. The van der Waals surface area contributed by atoms with Gasteiger partial charge in [0.1, 0.15) is 0 Å². The van der Waals surface area contributed by atoms with E-state index < -0.39 is 17.8 Å². The molecule has 0 saturated carbocycles. The summed E-state index contributed by atoms with van der Waals surface area (Å²) < 4.78 is 11.1. The average molecular weight is 365 g/mol. The Kier molecular flexibility index (Phi) is 4.60. The van der Waals surface area contributed by atoms with Gasteiger partial charge in [0.2, 0.25) is 0 Å². The van der Waals surface area contributed by atoms with Gasteiger partial charge < -0.3 is 14.8 Å². The quantitative estimate of drug-likeness (QED) is 0.814. The number of nitrogens with one attached hydrogen (secondary N) is 1. The van der Waals surface area contributed by atoms with Gasteiger partial charge in [0.05, 0.1) is 18.4 Å². The molecule has 0 aliphatic carbocycles. The monoisotopic (exact) mass is 365 g/mol. The molecule has 1 fully saturated rings. The number of nitrogens with zero attached hydrogens (tertiary/aromatic N) is 2. The Morgan fingerprint density at radius 1 is 1.00 bits per heavy atom. The molecule has 0 amide bonds. The highest BCUT2D eigenvalue weighted by Gasteiger charge is 2.47. The van der Waals surface area contributed by atoms with Crippen molar-refractivity contribution in [3.8, 4) is 11.1 Å². The van der Waals surface area contributed by atoms with E-state index in [1.54, 1.807) is 17.3 Å². The zero-order valence-corrected chi connectivity index (χ0v) is 14.6. The number of carbonyl (C=O) groups excluding carboxylic acids is 2. The van der Waals surface area contributed by atoms with Crippen LogP contribution in [0.1, 0.15) is 6.42 Å². The number of benzene rings is 1. The van der Waals surface area contributed by atoms with Crippen LogP contribution >= 0.6 is 0 Å². The predicted octanol–water partition coefficient (Wildman–Crippen LogP) is 1.86. The van der Waals surface area contributed by atoms with Gasteiger partial charge in [-0.1, -0.05) is 30.3 Å². The van der Waals surface area contributed by atoms with E-state index in [9.17, 15) is 9.59 Å². The standard InChI is InChI=1S/C20H19N3O4/c24-18-7-8-19(25)27-20(26-18)14-21-9-4-10-23(20)17-11-16(12-22-13-17)15-5-2-1-3-6-15/h1-3,5-8,11-13,21H,4,9-10,14H2. The van der Waals surface area contributed by atoms with Crippen molar-refractivity contribution >= 4 is 17.6 Å². The number of pyridine rings is 1. The second-order valence-electron chi connectivity index (χ2n) is 6.37. The molecule has 1 aromatic heterocycles. The van der Waals surface area contributed by atoms with Crippen molar-refractivity contribution in [1.82, 2.24) is 10.3 Å². The maximum absolute atomic E-state index is 12.1. The minimum Gasteiger partial charge on any atom is -0.399 e. The molecule has 1 saturated heterocycles. The Hall–Kier alpha value is -3.19. The van der Waals surface area contributed by atoms with Gasteiger partial charge in [0.15, 0.2) is 0 Å². The molecule has 1 N–H and O–H groups in total. The minimum absolute atomic E-state index is 0.168. The van der Waals surface area contributed by atoms with Gasteiger partial charge in [0, 0.05) is 30.5 Å². The molecule has 1 spiro atoms. The highest BCUT2D eigenvalue weighted by Crippen LogP contribution is 2.32. The molecule has 138 valence electrons. The first-order valence-electron chi connectivity index (χ1n) is 8.79. The Labute approximate surface area is 156 Å². The zero-order valence-electron chi connectivity index (χ0n) is 14.6. The van der Waals surface area contributed by atoms with Gasteiger partial charge in [-0.15, -0.1) is 0 Å². The van der Waals surface area contributed by atoms with Crippen LogP contribution in [0.2, 0.25) is 0 Å². The molecule has 1 aromatic carbocycles. The Morgan fingerprint density at radius 3 is 2.48 bits per heavy atom. The highest BCUT2D eigenvalue weighted by atomic mass is 16.8. The maximum atomic E-state index is 12.1. The SMILES string of the molecule is O=C1C=CC(=O)OC2(CNCCCN2c2cncc(-c3ccccc3)c2)O1. The van der Waals surface area contributed by atoms with Crippen molar-refractivity contribution in [3.05, 3.63) is 60.9 Å². The van der Waals surface area contributed by atoms with Crippen molar-refractivity contribution in [2.45, 2.75) is 12.3 Å². The van der Waals surface area contributed by atoms with E-state index in [1.165, 1.54) is 0 Å². The van der Waals surface area contributed by atoms with Crippen LogP contribution in [0.15, 0.2) is 60.9 Å². The van der Waals surface area contributed by atoms with Crippen LogP contribution in [0.3, 0.4) is 0 Å². The van der Waals surface area contributed by atoms with Gasteiger partial charge in [-0.2, -0.15) is 0 Å². The van der Waals surface area contributed by atoms with Gasteiger partial charge in [-0.25, -0.2) is 9.59 Å². The summed E-state index contributed by atoms with van der Waals surface area (Å²) in [7, 11) is 0. The smallest absolute Gasteiger partial charge is 0.356 e. The fourth-order valence-electron chi connectivity index (χ4n) is 3.29. The molecule has 4 rings (SSSR count). The second-order valence-corrected chi connectivity index (χ2v) is 6.37. The molecule has 0 bridgehead atoms. The second kappa shape index (κ2) is 7.20. The third kappa shape index (κ3) is 3.54. The summed E-state index contributed by atoms with van der Waals surface area (Å²) in [5, 5.41) is 3.18. The molecular formula is C20H19N3O4. The number of aromatic nitrogens is 1. The normalized spacial score (nSPS) is 19.2. The Morgan fingerprint density at radius 2 is 1.74 bits per heavy atom. The van der Waals surface area contributed by atoms with Crippen molar-refractivity contribution in [2.75, 3.05) is 24.5 Å². The minimum atomic E-state index is -1.55. The number of anilines is 1. The van der Waals surface area contributed by atoms with Gasteiger partial charge >= 0.3 is 17.8 Å². The van der Waals surface area contributed by atoms with Crippen molar-refractivity contribution in [3.63, 3.8) is 0 Å². The van der Waals surface area contributed by atoms with E-state index >= 15 is 0 Å². The summed E-state index contributed by atoms with van der Waals surface area (Å²) in [5.74, 6) is -2.80. The summed E-state index contributed by atoms with van der Waals surface area (Å²) in [6, 6.07) is 11.8. The largest absolute Gasteiger partial charge is 0.399 e. The van der Waals surface area contributed by atoms with Crippen molar-refractivity contribution in [2.24, 2.45) is 0 Å². The number of rotatable bonds is 2. The summed E-state index contributed by atoms with van der Waals surface area (Å²) in [6.45, 7) is 1.42. The van der Waals surface area contributed by atoms with E-state index in [-0.39, 0.29) is 6.54 Å². The third-order valence-corrected chi connectivity index (χ3v) is 4.51. The van der Waals surface area contributed by atoms with Crippen molar-refractivity contribution < 1.29 is 19.1 Å². The molecule has 0 unspecified atom stereocenters. The molecule has 0 atom stereocenters. The number of hydrogen-bond donors (Lipinski definition) is 1. The lowest BCUT2D eigenvalue weighted by molar-refractivity contribution is -0.217. The van der Waals surface area contributed by atoms with Gasteiger partial charge in [-0.05, 0) is 24.6 Å². The predicted molar refractivity (Wildman–Crippen MR) is 98.6 cm³/mol. The van der Waals surface area contributed by atoms with E-state index in [0.29, 0.717) is 18.8 Å². The van der Waals surface area contributed by atoms with Crippen LogP contribution in [0, 0.1) is 0 Å². The van der Waals surface area contributed by atoms with Crippen LogP contribution in [-0.2, 0) is 19.1 Å². The Bertz CT molecular complexity index is 862. The van der Waals surface area contributed by atoms with Gasteiger partial charge in [-0.3, -0.25) is 9.88 Å². The molecule has 2 aliphatic heterocycles. The summed E-state index contributed by atoms with van der Waals surface area (Å²) in [4.78, 5) is 30.3. The van der Waals surface area contributed by atoms with Crippen LogP contribution in [0.25, 0.3) is 11.1 Å².